The molecule has 1 aromatic heterocycles. The number of aliphatic hydroxyl groups is 2. The summed E-state index contributed by atoms with van der Waals surface area (Å²) in [5.74, 6) is 0. The quantitative estimate of drug-likeness (QED) is 0.188. The van der Waals surface area contributed by atoms with Gasteiger partial charge in [0.2, 0.25) is 0 Å². The molecule has 0 amide bonds. The van der Waals surface area contributed by atoms with Crippen LogP contribution in [0.1, 0.15) is 43.6 Å². The van der Waals surface area contributed by atoms with Crippen molar-refractivity contribution in [2.24, 2.45) is 0 Å². The first-order valence-electron chi connectivity index (χ1n) is 12.7. The van der Waals surface area contributed by atoms with Crippen molar-refractivity contribution in [1.29, 1.82) is 0 Å². The monoisotopic (exact) mass is 575 g/mol. The van der Waals surface area contributed by atoms with E-state index in [2.05, 4.69) is 10.0 Å². The Morgan fingerprint density at radius 1 is 0.900 bits per heavy atom. The van der Waals surface area contributed by atoms with Crippen molar-refractivity contribution in [2.75, 3.05) is 11.3 Å². The molecule has 214 valence electrons. The Hall–Kier alpha value is -3.38. The maximum atomic E-state index is 12.9. The van der Waals surface area contributed by atoms with Crippen LogP contribution >= 0.6 is 0 Å². The molecule has 0 saturated heterocycles. The summed E-state index contributed by atoms with van der Waals surface area (Å²) in [6.45, 7) is 4.74. The van der Waals surface area contributed by atoms with Crippen LogP contribution in [0.5, 0.6) is 0 Å². The number of β-amino-alcohol motifs (C(OH)–C–C–N with tert-alkyl or cyclic N) is 1. The molecular weight excluding hydrogens is 543 g/mol. The Labute approximate surface area is 231 Å². The number of benzene rings is 3. The van der Waals surface area contributed by atoms with Gasteiger partial charge in [0.15, 0.2) is 6.10 Å². The van der Waals surface area contributed by atoms with Crippen LogP contribution in [0.25, 0.3) is 10.9 Å². The molecule has 1 heterocycles. The van der Waals surface area contributed by atoms with E-state index < -0.39 is 33.9 Å². The van der Waals surface area contributed by atoms with Crippen molar-refractivity contribution in [3.05, 3.63) is 96.2 Å². The Balaban J connectivity index is 1.35. The van der Waals surface area contributed by atoms with Gasteiger partial charge in [-0.1, -0.05) is 36.4 Å². The number of sulfonamides is 1. The molecule has 4 rings (SSSR count). The number of alkyl halides is 3. The third-order valence-electron chi connectivity index (χ3n) is 6.75. The molecule has 1 unspecified atom stereocenters. The average Bonchev–Trinajstić information content (AvgIpc) is 3.32. The van der Waals surface area contributed by atoms with Crippen molar-refractivity contribution in [3.8, 4) is 0 Å². The molecule has 11 heteroatoms. The first-order valence-corrected chi connectivity index (χ1v) is 14.2. The smallest absolute Gasteiger partial charge is 0.387 e. The summed E-state index contributed by atoms with van der Waals surface area (Å²) in [6, 6.07) is 20.5. The van der Waals surface area contributed by atoms with Gasteiger partial charge in [0.1, 0.15) is 0 Å². The van der Waals surface area contributed by atoms with Crippen molar-refractivity contribution in [1.82, 2.24) is 9.88 Å². The summed E-state index contributed by atoms with van der Waals surface area (Å²) in [6.07, 6.45) is -5.71. The zero-order valence-corrected chi connectivity index (χ0v) is 22.9. The predicted octanol–water partition coefficient (Wildman–Crippen LogP) is 5.53. The number of nitrogens with one attached hydrogen (secondary N) is 2. The van der Waals surface area contributed by atoms with Gasteiger partial charge in [-0.25, -0.2) is 8.42 Å². The van der Waals surface area contributed by atoms with Crippen molar-refractivity contribution < 1.29 is 31.8 Å². The first-order chi connectivity index (χ1) is 18.7. The first kappa shape index (κ1) is 29.6. The van der Waals surface area contributed by atoms with Crippen molar-refractivity contribution >= 4 is 26.6 Å². The van der Waals surface area contributed by atoms with E-state index in [4.69, 9.17) is 0 Å². The van der Waals surface area contributed by atoms with Gasteiger partial charge in [0.05, 0.1) is 11.0 Å². The van der Waals surface area contributed by atoms with E-state index in [1.807, 2.05) is 18.4 Å². The highest BCUT2D eigenvalue weighted by Gasteiger charge is 2.39. The fourth-order valence-electron chi connectivity index (χ4n) is 4.37. The summed E-state index contributed by atoms with van der Waals surface area (Å²) < 4.78 is 68.4. The molecule has 0 saturated carbocycles. The zero-order valence-electron chi connectivity index (χ0n) is 22.1. The fraction of sp³-hybridized carbons (Fsp3) is 0.310. The molecule has 0 bridgehead atoms. The van der Waals surface area contributed by atoms with Crippen LogP contribution in [0.2, 0.25) is 0 Å². The number of hydrogen-bond acceptors (Lipinski definition) is 5. The third kappa shape index (κ3) is 7.22. The van der Waals surface area contributed by atoms with Crippen LogP contribution < -0.4 is 10.0 Å². The second-order valence-corrected chi connectivity index (χ2v) is 12.0. The number of rotatable bonds is 11. The largest absolute Gasteiger partial charge is 0.418 e. The topological polar surface area (TPSA) is 104 Å². The van der Waals surface area contributed by atoms with Crippen LogP contribution in [0.4, 0.5) is 18.9 Å². The molecule has 0 fully saturated rings. The fourth-order valence-corrected chi connectivity index (χ4v) is 5.45. The number of aromatic nitrogens is 1. The minimum absolute atomic E-state index is 0.138. The average molecular weight is 576 g/mol. The van der Waals surface area contributed by atoms with Gasteiger partial charge < -0.3 is 20.1 Å². The highest BCUT2D eigenvalue weighted by Crippen LogP contribution is 2.34. The summed E-state index contributed by atoms with van der Waals surface area (Å²) in [4.78, 5) is 0.138. The van der Waals surface area contributed by atoms with E-state index in [9.17, 15) is 31.8 Å². The van der Waals surface area contributed by atoms with Gasteiger partial charge in [0, 0.05) is 36.0 Å². The summed E-state index contributed by atoms with van der Waals surface area (Å²) >= 11 is 0. The van der Waals surface area contributed by atoms with Crippen molar-refractivity contribution in [2.45, 2.75) is 55.6 Å². The Morgan fingerprint density at radius 2 is 1.62 bits per heavy atom. The van der Waals surface area contributed by atoms with E-state index in [0.717, 1.165) is 5.52 Å². The maximum absolute atomic E-state index is 12.9. The lowest BCUT2D eigenvalue weighted by atomic mass is 9.99. The minimum Gasteiger partial charge on any atom is -0.387 e. The SMILES string of the molecule is CC(C)(CCn1ccc2cc([C@@H](O)C(F)(F)F)ccc21)NCC(O)c1cccc(NS(=O)(=O)c2ccccc2)c1. The van der Waals surface area contributed by atoms with Gasteiger partial charge in [-0.05, 0) is 79.2 Å². The number of halogens is 3. The molecule has 0 spiro atoms. The zero-order chi connectivity index (χ0) is 29.1. The number of hydrogen-bond donors (Lipinski definition) is 4. The Morgan fingerprint density at radius 3 is 2.33 bits per heavy atom. The number of anilines is 1. The third-order valence-corrected chi connectivity index (χ3v) is 8.15. The second kappa shape index (κ2) is 11.6. The maximum Gasteiger partial charge on any atom is 0.418 e. The van der Waals surface area contributed by atoms with Gasteiger partial charge in [-0.3, -0.25) is 4.72 Å². The molecule has 4 N–H and O–H groups in total. The molecule has 40 heavy (non-hydrogen) atoms. The standard InChI is InChI=1S/C29H32F3N3O4S/c1-28(2,14-16-35-15-13-20-17-22(11-12-25(20)35)27(37)29(30,31)32)33-19-26(36)21-7-6-8-23(18-21)34-40(38,39)24-9-4-3-5-10-24/h3-13,15,17-18,26-27,33-34,36-37H,14,16,19H2,1-2H3/t26?,27-/m1/s1. The van der Waals surface area contributed by atoms with Gasteiger partial charge in [-0.15, -0.1) is 0 Å². The molecule has 7 nitrogen and oxygen atoms in total. The highest BCUT2D eigenvalue weighted by molar-refractivity contribution is 7.92. The van der Waals surface area contributed by atoms with Crippen LogP contribution in [0.3, 0.4) is 0 Å². The van der Waals surface area contributed by atoms with Gasteiger partial charge in [-0.2, -0.15) is 13.2 Å². The normalized spacial score (nSPS) is 14.3. The van der Waals surface area contributed by atoms with Crippen molar-refractivity contribution in [3.63, 3.8) is 0 Å². The van der Waals surface area contributed by atoms with E-state index in [1.54, 1.807) is 60.8 Å². The Kier molecular flexibility index (Phi) is 8.60. The summed E-state index contributed by atoms with van der Waals surface area (Å²) in [5.41, 5.74) is 1.03. The van der Waals surface area contributed by atoms with Gasteiger partial charge >= 0.3 is 6.18 Å². The highest BCUT2D eigenvalue weighted by atomic mass is 32.2. The lowest BCUT2D eigenvalue weighted by Gasteiger charge is -2.28. The van der Waals surface area contributed by atoms with Crippen LogP contribution in [0.15, 0.2) is 90.0 Å². The predicted molar refractivity (Wildman–Crippen MR) is 148 cm³/mol. The number of aliphatic hydroxyl groups excluding tert-OH is 2. The van der Waals surface area contributed by atoms with Crippen LogP contribution in [0, 0.1) is 0 Å². The molecular formula is C29H32F3N3O4S. The van der Waals surface area contributed by atoms with Crippen LogP contribution in [-0.2, 0) is 16.6 Å². The molecule has 0 radical (unpaired) electrons. The van der Waals surface area contributed by atoms with Crippen LogP contribution in [-0.4, -0.2) is 41.5 Å². The molecule has 4 aromatic rings. The Bertz CT molecular complexity index is 1550. The molecule has 0 aliphatic carbocycles. The van der Waals surface area contributed by atoms with E-state index in [0.29, 0.717) is 29.6 Å². The molecule has 2 atom stereocenters. The second-order valence-electron chi connectivity index (χ2n) is 10.3. The van der Waals surface area contributed by atoms with E-state index >= 15 is 0 Å². The lowest BCUT2D eigenvalue weighted by Crippen LogP contribution is -2.42. The lowest BCUT2D eigenvalue weighted by molar-refractivity contribution is -0.206. The molecule has 0 aliphatic rings. The molecule has 3 aromatic carbocycles. The van der Waals surface area contributed by atoms with Gasteiger partial charge in [0.25, 0.3) is 10.0 Å². The number of aryl methyl sites for hydroxylation is 1. The summed E-state index contributed by atoms with van der Waals surface area (Å²) in [5, 5.41) is 24.3. The number of fused-ring (bicyclic) bond motifs is 1. The summed E-state index contributed by atoms with van der Waals surface area (Å²) in [7, 11) is -3.76. The number of nitrogens with zero attached hydrogens (tertiary/aromatic N) is 1. The van der Waals surface area contributed by atoms with E-state index in [-0.39, 0.29) is 17.0 Å². The van der Waals surface area contributed by atoms with E-state index in [1.165, 1.54) is 24.3 Å². The molecule has 0 aliphatic heterocycles. The minimum atomic E-state index is -4.73.